The summed E-state index contributed by atoms with van der Waals surface area (Å²) in [5.41, 5.74) is 0. The van der Waals surface area contributed by atoms with Gasteiger partial charge in [0.15, 0.2) is 5.82 Å². The van der Waals surface area contributed by atoms with E-state index in [-0.39, 0.29) is 12.5 Å². The second-order valence-corrected chi connectivity index (χ2v) is 4.01. The van der Waals surface area contributed by atoms with Crippen molar-refractivity contribution in [3.05, 3.63) is 12.4 Å². The van der Waals surface area contributed by atoms with E-state index in [4.69, 9.17) is 9.84 Å². The van der Waals surface area contributed by atoms with Crippen LogP contribution >= 0.6 is 0 Å². The van der Waals surface area contributed by atoms with Gasteiger partial charge in [-0.1, -0.05) is 0 Å². The molecule has 1 saturated heterocycles. The van der Waals surface area contributed by atoms with Crippen LogP contribution in [0.1, 0.15) is 19.3 Å². The van der Waals surface area contributed by atoms with Crippen LogP contribution in [0, 0.1) is 0 Å². The van der Waals surface area contributed by atoms with Gasteiger partial charge in [-0.25, -0.2) is 0 Å². The first-order valence-corrected chi connectivity index (χ1v) is 5.55. The van der Waals surface area contributed by atoms with Crippen LogP contribution < -0.4 is 9.64 Å². The van der Waals surface area contributed by atoms with Gasteiger partial charge in [0.1, 0.15) is 0 Å². The van der Waals surface area contributed by atoms with E-state index in [0.29, 0.717) is 11.7 Å². The Labute approximate surface area is 99.2 Å². The number of aliphatic carboxylic acids is 1. The summed E-state index contributed by atoms with van der Waals surface area (Å²) in [4.78, 5) is 21.1. The molecule has 1 fully saturated rings. The largest absolute Gasteiger partial charge is 0.481 e. The van der Waals surface area contributed by atoms with Crippen molar-refractivity contribution in [2.75, 3.05) is 18.6 Å². The lowest BCUT2D eigenvalue weighted by Crippen LogP contribution is -2.32. The highest BCUT2D eigenvalue weighted by molar-refractivity contribution is 5.68. The molecule has 0 aromatic carbocycles. The number of aromatic nitrogens is 2. The van der Waals surface area contributed by atoms with E-state index in [2.05, 4.69) is 9.97 Å². The van der Waals surface area contributed by atoms with Crippen LogP contribution in [0.4, 0.5) is 5.82 Å². The normalized spacial score (nSPS) is 19.4. The maximum absolute atomic E-state index is 10.8. The SMILES string of the molecule is COc1cncc(N2CCCC2CC(=O)O)n1. The fourth-order valence-electron chi connectivity index (χ4n) is 2.13. The van der Waals surface area contributed by atoms with Gasteiger partial charge >= 0.3 is 5.97 Å². The minimum absolute atomic E-state index is 0.00825. The molecule has 2 heterocycles. The number of carboxylic acid groups (broad SMARTS) is 1. The van der Waals surface area contributed by atoms with Crippen molar-refractivity contribution in [1.29, 1.82) is 0 Å². The standard InChI is InChI=1S/C11H15N3O3/c1-17-10-7-12-6-9(13-10)14-4-2-3-8(14)5-11(15)16/h6-8H,2-5H2,1H3,(H,15,16). The number of carbonyl (C=O) groups is 1. The Kier molecular flexibility index (Phi) is 3.41. The first-order chi connectivity index (χ1) is 8.20. The zero-order chi connectivity index (χ0) is 12.3. The van der Waals surface area contributed by atoms with Crippen LogP contribution in [-0.4, -0.2) is 40.7 Å². The average Bonchev–Trinajstić information content (AvgIpc) is 2.76. The second kappa shape index (κ2) is 4.99. The minimum atomic E-state index is -0.780. The van der Waals surface area contributed by atoms with Gasteiger partial charge in [-0.15, -0.1) is 0 Å². The number of ether oxygens (including phenoxy) is 1. The summed E-state index contributed by atoms with van der Waals surface area (Å²) in [5, 5.41) is 8.85. The van der Waals surface area contributed by atoms with Crippen LogP contribution in [0.2, 0.25) is 0 Å². The van der Waals surface area contributed by atoms with Gasteiger partial charge in [-0.3, -0.25) is 9.78 Å². The molecule has 0 spiro atoms. The Morgan fingerprint density at radius 3 is 3.18 bits per heavy atom. The highest BCUT2D eigenvalue weighted by Gasteiger charge is 2.27. The highest BCUT2D eigenvalue weighted by Crippen LogP contribution is 2.26. The summed E-state index contributed by atoms with van der Waals surface area (Å²) in [6.45, 7) is 0.819. The number of nitrogens with zero attached hydrogens (tertiary/aromatic N) is 3. The van der Waals surface area contributed by atoms with Gasteiger partial charge in [0, 0.05) is 12.6 Å². The molecule has 1 aromatic rings. The van der Waals surface area contributed by atoms with E-state index in [9.17, 15) is 4.79 Å². The minimum Gasteiger partial charge on any atom is -0.481 e. The lowest BCUT2D eigenvalue weighted by molar-refractivity contribution is -0.137. The van der Waals surface area contributed by atoms with E-state index in [1.54, 1.807) is 6.20 Å². The predicted octanol–water partition coefficient (Wildman–Crippen LogP) is 0.929. The van der Waals surface area contributed by atoms with Crippen molar-refractivity contribution in [3.8, 4) is 5.88 Å². The van der Waals surface area contributed by atoms with Crippen LogP contribution in [0.5, 0.6) is 5.88 Å². The van der Waals surface area contributed by atoms with Crippen molar-refractivity contribution in [2.45, 2.75) is 25.3 Å². The quantitative estimate of drug-likeness (QED) is 0.839. The van der Waals surface area contributed by atoms with Crippen molar-refractivity contribution < 1.29 is 14.6 Å². The van der Waals surface area contributed by atoms with Gasteiger partial charge in [0.2, 0.25) is 5.88 Å². The van der Waals surface area contributed by atoms with E-state index in [1.807, 2.05) is 4.90 Å². The molecule has 17 heavy (non-hydrogen) atoms. The summed E-state index contributed by atoms with van der Waals surface area (Å²) in [6.07, 6.45) is 5.18. The molecule has 1 unspecified atom stereocenters. The van der Waals surface area contributed by atoms with E-state index >= 15 is 0 Å². The molecule has 0 amide bonds. The molecule has 6 heteroatoms. The lowest BCUT2D eigenvalue weighted by Gasteiger charge is -2.24. The topological polar surface area (TPSA) is 75.5 Å². The summed E-state index contributed by atoms with van der Waals surface area (Å²) in [6, 6.07) is 0.00825. The number of methoxy groups -OCH3 is 1. The van der Waals surface area contributed by atoms with Crippen LogP contribution in [-0.2, 0) is 4.79 Å². The molecule has 92 valence electrons. The molecule has 0 radical (unpaired) electrons. The number of carboxylic acids is 1. The third kappa shape index (κ3) is 2.64. The van der Waals surface area contributed by atoms with Gasteiger partial charge < -0.3 is 14.7 Å². The first kappa shape index (κ1) is 11.6. The summed E-state index contributed by atoms with van der Waals surface area (Å²) < 4.78 is 5.01. The van der Waals surface area contributed by atoms with Crippen molar-refractivity contribution >= 4 is 11.8 Å². The van der Waals surface area contributed by atoms with Crippen LogP contribution in [0.25, 0.3) is 0 Å². The number of hydrogen-bond donors (Lipinski definition) is 1. The third-order valence-corrected chi connectivity index (χ3v) is 2.89. The molecule has 6 nitrogen and oxygen atoms in total. The van der Waals surface area contributed by atoms with E-state index in [0.717, 1.165) is 19.4 Å². The van der Waals surface area contributed by atoms with Crippen LogP contribution in [0.15, 0.2) is 12.4 Å². The van der Waals surface area contributed by atoms with Crippen LogP contribution in [0.3, 0.4) is 0 Å². The molecule has 1 N–H and O–H groups in total. The Morgan fingerprint density at radius 1 is 1.65 bits per heavy atom. The van der Waals surface area contributed by atoms with Crippen molar-refractivity contribution in [3.63, 3.8) is 0 Å². The first-order valence-electron chi connectivity index (χ1n) is 5.55. The number of rotatable bonds is 4. The van der Waals surface area contributed by atoms with E-state index in [1.165, 1.54) is 13.3 Å². The van der Waals surface area contributed by atoms with Gasteiger partial charge in [0.25, 0.3) is 0 Å². The Balaban J connectivity index is 2.16. The monoisotopic (exact) mass is 237 g/mol. The second-order valence-electron chi connectivity index (χ2n) is 4.01. The summed E-state index contributed by atoms with van der Waals surface area (Å²) in [5.74, 6) is 0.356. The molecule has 1 aromatic heterocycles. The third-order valence-electron chi connectivity index (χ3n) is 2.89. The molecule has 0 saturated carbocycles. The van der Waals surface area contributed by atoms with Gasteiger partial charge in [-0.2, -0.15) is 4.98 Å². The fourth-order valence-corrected chi connectivity index (χ4v) is 2.13. The molecular formula is C11H15N3O3. The number of anilines is 1. The molecule has 1 atom stereocenters. The zero-order valence-corrected chi connectivity index (χ0v) is 9.67. The molecule has 0 bridgehead atoms. The number of hydrogen-bond acceptors (Lipinski definition) is 5. The van der Waals surface area contributed by atoms with Gasteiger partial charge in [0.05, 0.1) is 25.9 Å². The molecule has 1 aliphatic rings. The van der Waals surface area contributed by atoms with E-state index < -0.39 is 5.97 Å². The fraction of sp³-hybridized carbons (Fsp3) is 0.545. The highest BCUT2D eigenvalue weighted by atomic mass is 16.5. The predicted molar refractivity (Wildman–Crippen MR) is 61.2 cm³/mol. The Hall–Kier alpha value is -1.85. The Morgan fingerprint density at radius 2 is 2.47 bits per heavy atom. The summed E-state index contributed by atoms with van der Waals surface area (Å²) in [7, 11) is 1.53. The Bertz CT molecular complexity index is 411. The van der Waals surface area contributed by atoms with Crippen molar-refractivity contribution in [1.82, 2.24) is 9.97 Å². The molecule has 1 aliphatic heterocycles. The molecule has 2 rings (SSSR count). The lowest BCUT2D eigenvalue weighted by atomic mass is 10.1. The smallest absolute Gasteiger partial charge is 0.305 e. The maximum Gasteiger partial charge on any atom is 0.305 e. The molecular weight excluding hydrogens is 222 g/mol. The zero-order valence-electron chi connectivity index (χ0n) is 9.67. The summed E-state index contributed by atoms with van der Waals surface area (Å²) >= 11 is 0. The average molecular weight is 237 g/mol. The molecule has 0 aliphatic carbocycles. The van der Waals surface area contributed by atoms with Crippen molar-refractivity contribution in [2.24, 2.45) is 0 Å². The van der Waals surface area contributed by atoms with Gasteiger partial charge in [-0.05, 0) is 12.8 Å². The maximum atomic E-state index is 10.8.